The standard InChI is InChI=1S/C11H11NO4S/c1-3-8-12(2)17(15,16)10-6-4-9(5-7-10)11(13)14/h1,4-7H,8H2,2H3,(H,13,14). The summed E-state index contributed by atoms with van der Waals surface area (Å²) in [6, 6.07) is 4.95. The van der Waals surface area contributed by atoms with Crippen LogP contribution in [0.1, 0.15) is 10.4 Å². The van der Waals surface area contributed by atoms with Crippen LogP contribution >= 0.6 is 0 Å². The van der Waals surface area contributed by atoms with Gasteiger partial charge in [0.25, 0.3) is 0 Å². The topological polar surface area (TPSA) is 74.7 Å². The molecule has 0 unspecified atom stereocenters. The van der Waals surface area contributed by atoms with E-state index in [4.69, 9.17) is 11.5 Å². The fraction of sp³-hybridized carbons (Fsp3) is 0.182. The lowest BCUT2D eigenvalue weighted by atomic mass is 10.2. The Morgan fingerprint density at radius 1 is 1.41 bits per heavy atom. The zero-order valence-corrected chi connectivity index (χ0v) is 9.94. The number of carboxylic acid groups (broad SMARTS) is 1. The van der Waals surface area contributed by atoms with Gasteiger partial charge in [-0.15, -0.1) is 6.42 Å². The Kier molecular flexibility index (Phi) is 3.89. The highest BCUT2D eigenvalue weighted by atomic mass is 32.2. The molecule has 0 aromatic heterocycles. The summed E-state index contributed by atoms with van der Waals surface area (Å²) in [5.74, 6) is 1.12. The van der Waals surface area contributed by atoms with Crippen LogP contribution in [0.4, 0.5) is 0 Å². The molecule has 0 saturated carbocycles. The first-order valence-corrected chi connectivity index (χ1v) is 6.06. The summed E-state index contributed by atoms with van der Waals surface area (Å²) >= 11 is 0. The maximum Gasteiger partial charge on any atom is 0.335 e. The first-order valence-electron chi connectivity index (χ1n) is 4.62. The fourth-order valence-corrected chi connectivity index (χ4v) is 2.25. The second-order valence-electron chi connectivity index (χ2n) is 3.29. The van der Waals surface area contributed by atoms with Crippen LogP contribution in [0.5, 0.6) is 0 Å². The first kappa shape index (κ1) is 13.2. The minimum Gasteiger partial charge on any atom is -0.478 e. The van der Waals surface area contributed by atoms with Gasteiger partial charge in [0, 0.05) is 7.05 Å². The molecule has 1 aromatic carbocycles. The molecule has 0 bridgehead atoms. The average molecular weight is 253 g/mol. The van der Waals surface area contributed by atoms with Crippen molar-refractivity contribution in [1.29, 1.82) is 0 Å². The molecule has 0 atom stereocenters. The van der Waals surface area contributed by atoms with Gasteiger partial charge in [0.05, 0.1) is 17.0 Å². The number of hydrogen-bond acceptors (Lipinski definition) is 3. The lowest BCUT2D eigenvalue weighted by Gasteiger charge is -2.14. The highest BCUT2D eigenvalue weighted by Gasteiger charge is 2.19. The van der Waals surface area contributed by atoms with Crippen molar-refractivity contribution in [3.8, 4) is 12.3 Å². The predicted octanol–water partition coefficient (Wildman–Crippen LogP) is 0.639. The Labute approximate surface area is 99.7 Å². The third kappa shape index (κ3) is 2.84. The number of carbonyl (C=O) groups is 1. The number of sulfonamides is 1. The highest BCUT2D eigenvalue weighted by molar-refractivity contribution is 7.89. The summed E-state index contributed by atoms with van der Waals surface area (Å²) in [5, 5.41) is 8.69. The second-order valence-corrected chi connectivity index (χ2v) is 5.34. The van der Waals surface area contributed by atoms with Crippen LogP contribution in [0.2, 0.25) is 0 Å². The monoisotopic (exact) mass is 253 g/mol. The van der Waals surface area contributed by atoms with Crippen LogP contribution in [-0.2, 0) is 10.0 Å². The van der Waals surface area contributed by atoms with E-state index < -0.39 is 16.0 Å². The van der Waals surface area contributed by atoms with E-state index in [0.717, 1.165) is 4.31 Å². The van der Waals surface area contributed by atoms with Gasteiger partial charge in [-0.1, -0.05) is 5.92 Å². The minimum atomic E-state index is -3.65. The van der Waals surface area contributed by atoms with Crippen molar-refractivity contribution in [2.24, 2.45) is 0 Å². The van der Waals surface area contributed by atoms with Crippen molar-refractivity contribution >= 4 is 16.0 Å². The van der Waals surface area contributed by atoms with Crippen LogP contribution < -0.4 is 0 Å². The molecule has 17 heavy (non-hydrogen) atoms. The maximum atomic E-state index is 11.9. The molecule has 1 N–H and O–H groups in total. The molecule has 0 heterocycles. The van der Waals surface area contributed by atoms with Gasteiger partial charge in [0.2, 0.25) is 10.0 Å². The third-order valence-electron chi connectivity index (χ3n) is 2.12. The number of aromatic carboxylic acids is 1. The number of benzene rings is 1. The largest absolute Gasteiger partial charge is 0.478 e. The molecule has 0 fully saturated rings. The van der Waals surface area contributed by atoms with Gasteiger partial charge in [0.15, 0.2) is 0 Å². The van der Waals surface area contributed by atoms with Crippen molar-refractivity contribution < 1.29 is 18.3 Å². The summed E-state index contributed by atoms with van der Waals surface area (Å²) < 4.78 is 24.8. The Morgan fingerprint density at radius 2 is 1.94 bits per heavy atom. The lowest BCUT2D eigenvalue weighted by Crippen LogP contribution is -2.27. The number of terminal acetylenes is 1. The van der Waals surface area contributed by atoms with E-state index in [9.17, 15) is 13.2 Å². The van der Waals surface area contributed by atoms with Crippen LogP contribution in [-0.4, -0.2) is 37.4 Å². The van der Waals surface area contributed by atoms with Gasteiger partial charge in [-0.25, -0.2) is 13.2 Å². The molecule has 90 valence electrons. The van der Waals surface area contributed by atoms with Crippen LogP contribution in [0.25, 0.3) is 0 Å². The van der Waals surface area contributed by atoms with E-state index >= 15 is 0 Å². The predicted molar refractivity (Wildman–Crippen MR) is 62.1 cm³/mol. The van der Waals surface area contributed by atoms with Gasteiger partial charge in [-0.05, 0) is 24.3 Å². The number of carboxylic acids is 1. The first-order chi connectivity index (χ1) is 7.89. The van der Waals surface area contributed by atoms with Crippen LogP contribution in [0.3, 0.4) is 0 Å². The molecule has 0 aliphatic carbocycles. The van der Waals surface area contributed by atoms with E-state index in [1.807, 2.05) is 0 Å². The summed E-state index contributed by atoms with van der Waals surface area (Å²) in [4.78, 5) is 10.6. The normalized spacial score (nSPS) is 11.1. The quantitative estimate of drug-likeness (QED) is 0.799. The molecular formula is C11H11NO4S. The Bertz CT molecular complexity index is 554. The molecule has 6 heteroatoms. The molecule has 0 spiro atoms. The summed E-state index contributed by atoms with van der Waals surface area (Å²) in [6.45, 7) is -0.0387. The van der Waals surface area contributed by atoms with Gasteiger partial charge in [-0.3, -0.25) is 0 Å². The molecule has 0 amide bonds. The molecule has 1 aromatic rings. The summed E-state index contributed by atoms with van der Waals surface area (Å²) in [6.07, 6.45) is 5.03. The smallest absolute Gasteiger partial charge is 0.335 e. The molecule has 1 rings (SSSR count). The van der Waals surface area contributed by atoms with Gasteiger partial charge in [0.1, 0.15) is 0 Å². The zero-order chi connectivity index (χ0) is 13.1. The Morgan fingerprint density at radius 3 is 2.35 bits per heavy atom. The van der Waals surface area contributed by atoms with Crippen molar-refractivity contribution in [1.82, 2.24) is 4.31 Å². The van der Waals surface area contributed by atoms with Crippen molar-refractivity contribution in [3.63, 3.8) is 0 Å². The average Bonchev–Trinajstić information content (AvgIpc) is 2.29. The highest BCUT2D eigenvalue weighted by Crippen LogP contribution is 2.14. The molecule has 0 aliphatic heterocycles. The van der Waals surface area contributed by atoms with Crippen LogP contribution in [0.15, 0.2) is 29.2 Å². The number of hydrogen-bond donors (Lipinski definition) is 1. The minimum absolute atomic E-state index is 0.0141. The maximum absolute atomic E-state index is 11.9. The lowest BCUT2D eigenvalue weighted by molar-refractivity contribution is 0.0697. The molecule has 0 saturated heterocycles. The van der Waals surface area contributed by atoms with E-state index in [1.165, 1.54) is 31.3 Å². The molecule has 0 aliphatic rings. The van der Waals surface area contributed by atoms with Crippen molar-refractivity contribution in [2.45, 2.75) is 4.90 Å². The van der Waals surface area contributed by atoms with Crippen molar-refractivity contribution in [3.05, 3.63) is 29.8 Å². The number of rotatable bonds is 4. The molecule has 5 nitrogen and oxygen atoms in total. The Balaban J connectivity index is 3.09. The SMILES string of the molecule is C#CCN(C)S(=O)(=O)c1ccc(C(=O)O)cc1. The van der Waals surface area contributed by atoms with E-state index in [2.05, 4.69) is 5.92 Å². The fourth-order valence-electron chi connectivity index (χ4n) is 1.16. The van der Waals surface area contributed by atoms with E-state index in [0.29, 0.717) is 0 Å². The third-order valence-corrected chi connectivity index (χ3v) is 3.94. The van der Waals surface area contributed by atoms with E-state index in [1.54, 1.807) is 0 Å². The second kappa shape index (κ2) is 4.99. The number of nitrogens with zero attached hydrogens (tertiary/aromatic N) is 1. The zero-order valence-electron chi connectivity index (χ0n) is 9.12. The summed E-state index contributed by atoms with van der Waals surface area (Å²) in [7, 11) is -2.28. The van der Waals surface area contributed by atoms with Crippen molar-refractivity contribution in [2.75, 3.05) is 13.6 Å². The summed E-state index contributed by atoms with van der Waals surface area (Å²) in [5.41, 5.74) is 0.0311. The van der Waals surface area contributed by atoms with Crippen LogP contribution in [0, 0.1) is 12.3 Å². The Hall–Kier alpha value is -1.84. The van der Waals surface area contributed by atoms with E-state index in [-0.39, 0.29) is 17.0 Å². The van der Waals surface area contributed by atoms with Gasteiger partial charge >= 0.3 is 5.97 Å². The molecule has 0 radical (unpaired) electrons. The van der Waals surface area contributed by atoms with Gasteiger partial charge in [-0.2, -0.15) is 4.31 Å². The molecular weight excluding hydrogens is 242 g/mol. The van der Waals surface area contributed by atoms with Gasteiger partial charge < -0.3 is 5.11 Å².